The van der Waals surface area contributed by atoms with Crippen LogP contribution in [0, 0.1) is 0 Å². The number of hydrogen-bond donors (Lipinski definition) is 1. The van der Waals surface area contributed by atoms with E-state index in [0.29, 0.717) is 5.82 Å². The predicted octanol–water partition coefficient (Wildman–Crippen LogP) is -0.0597. The fraction of sp³-hybridized carbons (Fsp3) is 0.300. The van der Waals surface area contributed by atoms with E-state index >= 15 is 0 Å². The number of nitrogens with one attached hydrogen (secondary N) is 1. The van der Waals surface area contributed by atoms with Gasteiger partial charge in [-0.05, 0) is 25.0 Å². The largest absolute Gasteiger partial charge is 0.550 e. The van der Waals surface area contributed by atoms with Gasteiger partial charge in [0, 0.05) is 18.6 Å². The first-order chi connectivity index (χ1) is 7.18. The smallest absolute Gasteiger partial charge is 0.225 e. The normalized spacial score (nSPS) is 9.60. The molecule has 0 aromatic carbocycles. The molecule has 0 aliphatic rings. The number of amides is 1. The Morgan fingerprint density at radius 1 is 1.33 bits per heavy atom. The molecule has 1 amide bonds. The van der Waals surface area contributed by atoms with Crippen molar-refractivity contribution in [2.75, 3.05) is 5.32 Å². The van der Waals surface area contributed by atoms with Crippen LogP contribution in [0.5, 0.6) is 0 Å². The van der Waals surface area contributed by atoms with Crippen molar-refractivity contribution >= 4 is 17.7 Å². The zero-order valence-electron chi connectivity index (χ0n) is 8.10. The fourth-order valence-corrected chi connectivity index (χ4v) is 1.04. The van der Waals surface area contributed by atoms with Gasteiger partial charge in [0.05, 0.1) is 0 Å². The lowest BCUT2D eigenvalue weighted by Gasteiger charge is -2.04. The van der Waals surface area contributed by atoms with Crippen molar-refractivity contribution in [2.24, 2.45) is 0 Å². The van der Waals surface area contributed by atoms with Crippen molar-refractivity contribution in [1.82, 2.24) is 4.98 Å². The number of nitrogens with zero attached hydrogens (tertiary/aromatic N) is 1. The number of carboxylic acids is 1. The van der Waals surface area contributed by atoms with Crippen molar-refractivity contribution in [3.05, 3.63) is 24.4 Å². The predicted molar refractivity (Wildman–Crippen MR) is 51.7 cm³/mol. The standard InChI is InChI=1S/C10H12N2O3/c13-9(5-3-6-10(14)15)12-8-4-1-2-7-11-8/h1-2,4,7H,3,5-6H2,(H,14,15)(H,11,12,13)/p-1. The van der Waals surface area contributed by atoms with E-state index in [9.17, 15) is 14.7 Å². The topological polar surface area (TPSA) is 82.1 Å². The number of anilines is 1. The Morgan fingerprint density at radius 3 is 2.73 bits per heavy atom. The molecule has 0 unspecified atom stereocenters. The van der Waals surface area contributed by atoms with E-state index in [1.807, 2.05) is 0 Å². The van der Waals surface area contributed by atoms with Crippen molar-refractivity contribution in [2.45, 2.75) is 19.3 Å². The molecule has 1 aromatic rings. The highest BCUT2D eigenvalue weighted by atomic mass is 16.4. The molecule has 0 aliphatic heterocycles. The molecule has 0 aliphatic carbocycles. The second-order valence-electron chi connectivity index (χ2n) is 2.99. The zero-order chi connectivity index (χ0) is 11.1. The van der Waals surface area contributed by atoms with Gasteiger partial charge in [0.25, 0.3) is 0 Å². The highest BCUT2D eigenvalue weighted by molar-refractivity contribution is 5.89. The van der Waals surface area contributed by atoms with Crippen molar-refractivity contribution in [3.8, 4) is 0 Å². The van der Waals surface area contributed by atoms with Gasteiger partial charge in [0.15, 0.2) is 0 Å². The highest BCUT2D eigenvalue weighted by Gasteiger charge is 2.01. The minimum absolute atomic E-state index is 0.102. The molecule has 0 fully saturated rings. The molecule has 0 atom stereocenters. The van der Waals surface area contributed by atoms with E-state index in [2.05, 4.69) is 10.3 Å². The number of carbonyl (C=O) groups excluding carboxylic acids is 2. The van der Waals surface area contributed by atoms with Gasteiger partial charge in [0.2, 0.25) is 5.91 Å². The summed E-state index contributed by atoms with van der Waals surface area (Å²) in [6, 6.07) is 5.16. The molecular formula is C10H11N2O3-. The highest BCUT2D eigenvalue weighted by Crippen LogP contribution is 2.02. The first kappa shape index (κ1) is 11.2. The third-order valence-electron chi connectivity index (χ3n) is 1.72. The third kappa shape index (κ3) is 4.75. The van der Waals surface area contributed by atoms with Crippen LogP contribution in [0.2, 0.25) is 0 Å². The number of aromatic nitrogens is 1. The quantitative estimate of drug-likeness (QED) is 0.733. The Hall–Kier alpha value is -1.91. The molecule has 5 heteroatoms. The Morgan fingerprint density at radius 2 is 2.13 bits per heavy atom. The second kappa shape index (κ2) is 5.74. The molecule has 1 heterocycles. The fourth-order valence-electron chi connectivity index (χ4n) is 1.04. The van der Waals surface area contributed by atoms with Crippen LogP contribution < -0.4 is 10.4 Å². The molecule has 0 saturated carbocycles. The van der Waals surface area contributed by atoms with Gasteiger partial charge in [-0.3, -0.25) is 4.79 Å². The van der Waals surface area contributed by atoms with Gasteiger partial charge in [-0.2, -0.15) is 0 Å². The summed E-state index contributed by atoms with van der Waals surface area (Å²) in [4.78, 5) is 25.2. The van der Waals surface area contributed by atoms with Crippen molar-refractivity contribution < 1.29 is 14.7 Å². The average Bonchev–Trinajstić information content (AvgIpc) is 2.18. The lowest BCUT2D eigenvalue weighted by Crippen LogP contribution is -2.22. The van der Waals surface area contributed by atoms with E-state index in [1.165, 1.54) is 0 Å². The van der Waals surface area contributed by atoms with Crippen LogP contribution in [0.4, 0.5) is 5.82 Å². The number of hydrogen-bond acceptors (Lipinski definition) is 4. The van der Waals surface area contributed by atoms with Crippen LogP contribution >= 0.6 is 0 Å². The van der Waals surface area contributed by atoms with E-state index in [-0.39, 0.29) is 25.2 Å². The van der Waals surface area contributed by atoms with E-state index in [4.69, 9.17) is 0 Å². The van der Waals surface area contributed by atoms with Gasteiger partial charge in [-0.25, -0.2) is 4.98 Å². The van der Waals surface area contributed by atoms with Crippen LogP contribution in [-0.4, -0.2) is 16.9 Å². The summed E-state index contributed by atoms with van der Waals surface area (Å²) < 4.78 is 0. The van der Waals surface area contributed by atoms with Crippen molar-refractivity contribution in [1.29, 1.82) is 0 Å². The summed E-state index contributed by atoms with van der Waals surface area (Å²) in [6.45, 7) is 0. The number of aliphatic carboxylic acids is 1. The number of rotatable bonds is 5. The van der Waals surface area contributed by atoms with E-state index in [0.717, 1.165) is 0 Å². The maximum Gasteiger partial charge on any atom is 0.225 e. The number of carboxylic acid groups (broad SMARTS) is 1. The summed E-state index contributed by atoms with van der Waals surface area (Å²) in [6.07, 6.45) is 1.90. The van der Waals surface area contributed by atoms with Crippen LogP contribution in [-0.2, 0) is 9.59 Å². The molecule has 1 rings (SSSR count). The van der Waals surface area contributed by atoms with Crippen LogP contribution in [0.1, 0.15) is 19.3 Å². The average molecular weight is 207 g/mol. The Labute approximate surface area is 87.1 Å². The van der Waals surface area contributed by atoms with Crippen LogP contribution in [0.3, 0.4) is 0 Å². The summed E-state index contributed by atoms with van der Waals surface area (Å²) in [5, 5.41) is 12.6. The summed E-state index contributed by atoms with van der Waals surface area (Å²) in [7, 11) is 0. The van der Waals surface area contributed by atoms with Crippen LogP contribution in [0.15, 0.2) is 24.4 Å². The Balaban J connectivity index is 2.28. The molecular weight excluding hydrogens is 196 g/mol. The third-order valence-corrected chi connectivity index (χ3v) is 1.72. The Bertz CT molecular complexity index is 338. The maximum atomic E-state index is 11.2. The number of pyridine rings is 1. The molecule has 1 aromatic heterocycles. The van der Waals surface area contributed by atoms with Gasteiger partial charge >= 0.3 is 0 Å². The summed E-state index contributed by atoms with van der Waals surface area (Å²) >= 11 is 0. The lowest BCUT2D eigenvalue weighted by molar-refractivity contribution is -0.305. The Kier molecular flexibility index (Phi) is 4.28. The molecule has 0 spiro atoms. The molecule has 80 valence electrons. The second-order valence-corrected chi connectivity index (χ2v) is 2.99. The molecule has 1 N–H and O–H groups in total. The minimum atomic E-state index is -1.14. The summed E-state index contributed by atoms with van der Waals surface area (Å²) in [5.41, 5.74) is 0. The SMILES string of the molecule is O=C([O-])CCCC(=O)Nc1ccccn1. The van der Waals surface area contributed by atoms with Gasteiger partial charge < -0.3 is 15.2 Å². The zero-order valence-corrected chi connectivity index (χ0v) is 8.10. The molecule has 0 radical (unpaired) electrons. The number of carbonyl (C=O) groups is 2. The van der Waals surface area contributed by atoms with Gasteiger partial charge in [-0.15, -0.1) is 0 Å². The molecule has 0 bridgehead atoms. The maximum absolute atomic E-state index is 11.2. The van der Waals surface area contributed by atoms with E-state index in [1.54, 1.807) is 24.4 Å². The van der Waals surface area contributed by atoms with Gasteiger partial charge in [-0.1, -0.05) is 6.07 Å². The molecule has 5 nitrogen and oxygen atoms in total. The molecule has 15 heavy (non-hydrogen) atoms. The first-order valence-corrected chi connectivity index (χ1v) is 4.59. The monoisotopic (exact) mass is 207 g/mol. The van der Waals surface area contributed by atoms with Gasteiger partial charge in [0.1, 0.15) is 5.82 Å². The molecule has 0 saturated heterocycles. The first-order valence-electron chi connectivity index (χ1n) is 4.59. The minimum Gasteiger partial charge on any atom is -0.550 e. The summed E-state index contributed by atoms with van der Waals surface area (Å²) in [5.74, 6) is -0.911. The lowest BCUT2D eigenvalue weighted by atomic mass is 10.2. The van der Waals surface area contributed by atoms with E-state index < -0.39 is 5.97 Å². The van der Waals surface area contributed by atoms with Crippen LogP contribution in [0.25, 0.3) is 0 Å². The van der Waals surface area contributed by atoms with Crippen molar-refractivity contribution in [3.63, 3.8) is 0 Å².